The van der Waals surface area contributed by atoms with E-state index in [-0.39, 0.29) is 11.9 Å². The molecule has 0 bridgehead atoms. The van der Waals surface area contributed by atoms with E-state index in [4.69, 9.17) is 9.47 Å². The number of fused-ring (bicyclic) bond motifs is 1. The van der Waals surface area contributed by atoms with E-state index in [1.807, 2.05) is 24.3 Å². The summed E-state index contributed by atoms with van der Waals surface area (Å²) in [6.07, 6.45) is 6.52. The first kappa shape index (κ1) is 17.1. The van der Waals surface area contributed by atoms with Crippen molar-refractivity contribution >= 4 is 12.0 Å². The van der Waals surface area contributed by atoms with Gasteiger partial charge in [-0.3, -0.25) is 4.79 Å². The van der Waals surface area contributed by atoms with E-state index in [0.717, 1.165) is 24.8 Å². The van der Waals surface area contributed by atoms with Gasteiger partial charge in [-0.25, -0.2) is 0 Å². The lowest BCUT2D eigenvalue weighted by molar-refractivity contribution is -0.117. The van der Waals surface area contributed by atoms with E-state index >= 15 is 0 Å². The second-order valence-electron chi connectivity index (χ2n) is 6.10. The smallest absolute Gasteiger partial charge is 0.244 e. The molecular formula is C21H23NO3. The molecule has 0 aliphatic heterocycles. The molecule has 0 unspecified atom stereocenters. The number of amides is 1. The number of hydrogen-bond acceptors (Lipinski definition) is 3. The lowest BCUT2D eigenvalue weighted by Gasteiger charge is -2.25. The standard InChI is InChI=1S/C21H23NO3/c1-24-19-12-10-15(14-20(19)25-2)11-13-21(23)22-18-9-5-7-16-6-3-4-8-17(16)18/h3-4,6,8,10-14,18H,5,7,9H2,1-2H3,(H,22,23)/b13-11+/t18-/m1/s1. The Balaban J connectivity index is 1.68. The SMILES string of the molecule is COc1ccc(/C=C/C(=O)N[C@@H]2CCCc3ccccc32)cc1OC. The van der Waals surface area contributed by atoms with E-state index in [9.17, 15) is 4.79 Å². The first-order valence-electron chi connectivity index (χ1n) is 8.49. The zero-order valence-electron chi connectivity index (χ0n) is 14.6. The summed E-state index contributed by atoms with van der Waals surface area (Å²) >= 11 is 0. The monoisotopic (exact) mass is 337 g/mol. The lowest BCUT2D eigenvalue weighted by atomic mass is 9.88. The van der Waals surface area contributed by atoms with Gasteiger partial charge in [0.05, 0.1) is 20.3 Å². The van der Waals surface area contributed by atoms with Crippen LogP contribution < -0.4 is 14.8 Å². The largest absolute Gasteiger partial charge is 0.493 e. The number of nitrogens with one attached hydrogen (secondary N) is 1. The van der Waals surface area contributed by atoms with Crippen LogP contribution in [0, 0.1) is 0 Å². The Bertz CT molecular complexity index is 782. The number of benzene rings is 2. The van der Waals surface area contributed by atoms with Crippen molar-refractivity contribution in [2.24, 2.45) is 0 Å². The molecule has 4 heteroatoms. The highest BCUT2D eigenvalue weighted by Gasteiger charge is 2.20. The molecule has 0 spiro atoms. The highest BCUT2D eigenvalue weighted by molar-refractivity contribution is 5.92. The Morgan fingerprint density at radius 2 is 1.92 bits per heavy atom. The maximum Gasteiger partial charge on any atom is 0.244 e. The van der Waals surface area contributed by atoms with Gasteiger partial charge in [0.15, 0.2) is 11.5 Å². The maximum absolute atomic E-state index is 12.3. The Labute approximate surface area is 148 Å². The number of rotatable bonds is 5. The lowest BCUT2D eigenvalue weighted by Crippen LogP contribution is -2.29. The molecule has 4 nitrogen and oxygen atoms in total. The van der Waals surface area contributed by atoms with Crippen LogP contribution in [0.25, 0.3) is 6.08 Å². The van der Waals surface area contributed by atoms with Crippen molar-refractivity contribution in [3.63, 3.8) is 0 Å². The Hall–Kier alpha value is -2.75. The van der Waals surface area contributed by atoms with Crippen LogP contribution in [0.5, 0.6) is 11.5 Å². The second-order valence-corrected chi connectivity index (χ2v) is 6.10. The predicted molar refractivity (Wildman–Crippen MR) is 98.8 cm³/mol. The number of aryl methyl sites for hydroxylation is 1. The number of methoxy groups -OCH3 is 2. The molecule has 25 heavy (non-hydrogen) atoms. The maximum atomic E-state index is 12.3. The van der Waals surface area contributed by atoms with Crippen LogP contribution in [0.3, 0.4) is 0 Å². The Morgan fingerprint density at radius 3 is 2.72 bits per heavy atom. The fourth-order valence-electron chi connectivity index (χ4n) is 3.25. The van der Waals surface area contributed by atoms with Gasteiger partial charge in [0, 0.05) is 6.08 Å². The summed E-state index contributed by atoms with van der Waals surface area (Å²) in [7, 11) is 3.20. The summed E-state index contributed by atoms with van der Waals surface area (Å²) in [5.74, 6) is 1.23. The van der Waals surface area contributed by atoms with Gasteiger partial charge in [0.2, 0.25) is 5.91 Å². The minimum atomic E-state index is -0.0866. The van der Waals surface area contributed by atoms with E-state index in [2.05, 4.69) is 23.5 Å². The van der Waals surface area contributed by atoms with Crippen LogP contribution in [-0.4, -0.2) is 20.1 Å². The Kier molecular flexibility index (Phi) is 5.39. The molecule has 0 radical (unpaired) electrons. The number of carbonyl (C=O) groups excluding carboxylic acids is 1. The molecule has 0 fully saturated rings. The molecule has 2 aromatic carbocycles. The average molecular weight is 337 g/mol. The van der Waals surface area contributed by atoms with Crippen molar-refractivity contribution in [1.29, 1.82) is 0 Å². The molecule has 1 N–H and O–H groups in total. The topological polar surface area (TPSA) is 47.6 Å². The molecule has 0 heterocycles. The van der Waals surface area contributed by atoms with Crippen LogP contribution in [0.4, 0.5) is 0 Å². The van der Waals surface area contributed by atoms with Crippen LogP contribution in [0.2, 0.25) is 0 Å². The van der Waals surface area contributed by atoms with Crippen LogP contribution in [-0.2, 0) is 11.2 Å². The van der Waals surface area contributed by atoms with Crippen molar-refractivity contribution in [3.8, 4) is 11.5 Å². The van der Waals surface area contributed by atoms with E-state index in [1.54, 1.807) is 26.4 Å². The molecule has 0 saturated heterocycles. The molecule has 1 aliphatic rings. The summed E-state index contributed by atoms with van der Waals surface area (Å²) in [5, 5.41) is 3.11. The van der Waals surface area contributed by atoms with Crippen molar-refractivity contribution in [2.45, 2.75) is 25.3 Å². The minimum Gasteiger partial charge on any atom is -0.493 e. The number of hydrogen-bond donors (Lipinski definition) is 1. The highest BCUT2D eigenvalue weighted by Crippen LogP contribution is 2.30. The van der Waals surface area contributed by atoms with E-state index in [0.29, 0.717) is 11.5 Å². The van der Waals surface area contributed by atoms with Crippen molar-refractivity contribution in [1.82, 2.24) is 5.32 Å². The normalized spacial score (nSPS) is 16.3. The van der Waals surface area contributed by atoms with Crippen molar-refractivity contribution < 1.29 is 14.3 Å². The van der Waals surface area contributed by atoms with Gasteiger partial charge in [0.1, 0.15) is 0 Å². The minimum absolute atomic E-state index is 0.0866. The zero-order chi connectivity index (χ0) is 17.6. The molecule has 2 aromatic rings. The van der Waals surface area contributed by atoms with Gasteiger partial charge in [0.25, 0.3) is 0 Å². The summed E-state index contributed by atoms with van der Waals surface area (Å²) in [4.78, 5) is 12.3. The average Bonchev–Trinajstić information content (AvgIpc) is 2.66. The first-order chi connectivity index (χ1) is 12.2. The fourth-order valence-corrected chi connectivity index (χ4v) is 3.25. The molecule has 1 atom stereocenters. The van der Waals surface area contributed by atoms with Gasteiger partial charge >= 0.3 is 0 Å². The fraction of sp³-hybridized carbons (Fsp3) is 0.286. The van der Waals surface area contributed by atoms with Gasteiger partial charge < -0.3 is 14.8 Å². The molecule has 0 saturated carbocycles. The van der Waals surface area contributed by atoms with Crippen LogP contribution in [0.15, 0.2) is 48.5 Å². The molecule has 130 valence electrons. The van der Waals surface area contributed by atoms with Crippen molar-refractivity contribution in [2.75, 3.05) is 14.2 Å². The van der Waals surface area contributed by atoms with E-state index < -0.39 is 0 Å². The molecular weight excluding hydrogens is 314 g/mol. The van der Waals surface area contributed by atoms with Crippen molar-refractivity contribution in [3.05, 3.63) is 65.2 Å². The van der Waals surface area contributed by atoms with Gasteiger partial charge in [-0.1, -0.05) is 30.3 Å². The number of ether oxygens (including phenoxy) is 2. The third-order valence-electron chi connectivity index (χ3n) is 4.52. The van der Waals surface area contributed by atoms with Crippen LogP contribution in [0.1, 0.15) is 35.6 Å². The molecule has 3 rings (SSSR count). The van der Waals surface area contributed by atoms with Gasteiger partial charge in [-0.05, 0) is 54.2 Å². The predicted octanol–water partition coefficient (Wildman–Crippen LogP) is 3.91. The molecule has 1 amide bonds. The summed E-state index contributed by atoms with van der Waals surface area (Å²) in [5.41, 5.74) is 3.46. The summed E-state index contributed by atoms with van der Waals surface area (Å²) in [6.45, 7) is 0. The molecule has 1 aliphatic carbocycles. The first-order valence-corrected chi connectivity index (χ1v) is 8.49. The van der Waals surface area contributed by atoms with Gasteiger partial charge in [-0.2, -0.15) is 0 Å². The Morgan fingerprint density at radius 1 is 1.12 bits per heavy atom. The van der Waals surface area contributed by atoms with Gasteiger partial charge in [-0.15, -0.1) is 0 Å². The third-order valence-corrected chi connectivity index (χ3v) is 4.52. The highest BCUT2D eigenvalue weighted by atomic mass is 16.5. The molecule has 0 aromatic heterocycles. The zero-order valence-corrected chi connectivity index (χ0v) is 14.6. The van der Waals surface area contributed by atoms with Crippen LogP contribution >= 0.6 is 0 Å². The summed E-state index contributed by atoms with van der Waals surface area (Å²) < 4.78 is 10.5. The summed E-state index contributed by atoms with van der Waals surface area (Å²) in [6, 6.07) is 14.0. The third kappa shape index (κ3) is 4.02. The number of carbonyl (C=O) groups is 1. The quantitative estimate of drug-likeness (QED) is 0.842. The van der Waals surface area contributed by atoms with E-state index in [1.165, 1.54) is 11.1 Å². The second kappa shape index (κ2) is 7.88.